The Bertz CT molecular complexity index is 63.9. The van der Waals surface area contributed by atoms with Gasteiger partial charge in [0.2, 0.25) is 0 Å². The smallest absolute Gasteiger partial charge is 0.412 e. The average molecular weight is 181 g/mol. The first-order chi connectivity index (χ1) is 4.18. The maximum Gasteiger partial charge on any atom is 1.00 e. The Morgan fingerprint density at radius 2 is 1.25 bits per heavy atom. The highest BCUT2D eigenvalue weighted by Gasteiger charge is 1.76. The molecular formula is C10H29O2+. The second-order valence-corrected chi connectivity index (χ2v) is 2.06. The van der Waals surface area contributed by atoms with E-state index < -0.39 is 0 Å². The number of Topliss-reactive ketones (excluding diaryl/α,β-unsaturated/α-hetero) is 1. The van der Waals surface area contributed by atoms with E-state index in [1.165, 1.54) is 12.8 Å². The van der Waals surface area contributed by atoms with Crippen LogP contribution in [0.1, 0.15) is 63.2 Å². The normalized spacial score (nSPS) is 5.67. The fourth-order valence-electron chi connectivity index (χ4n) is 0. The van der Waals surface area contributed by atoms with E-state index in [4.69, 9.17) is 0 Å². The van der Waals surface area contributed by atoms with Crippen LogP contribution >= 0.6 is 0 Å². The van der Waals surface area contributed by atoms with Crippen molar-refractivity contribution in [1.29, 1.82) is 0 Å². The van der Waals surface area contributed by atoms with Crippen LogP contribution in [0.15, 0.2) is 0 Å². The molecule has 0 saturated heterocycles. The molecule has 0 bridgehead atoms. The summed E-state index contributed by atoms with van der Waals surface area (Å²) in [5.74, 6) is 0.255. The number of carbonyl (C=O) groups is 1. The van der Waals surface area contributed by atoms with Gasteiger partial charge < -0.3 is 10.3 Å². The van der Waals surface area contributed by atoms with Crippen molar-refractivity contribution in [2.24, 2.45) is 0 Å². The van der Waals surface area contributed by atoms with E-state index >= 15 is 0 Å². The fourth-order valence-corrected chi connectivity index (χ4v) is 0. The van der Waals surface area contributed by atoms with E-state index in [0.717, 1.165) is 0 Å². The Morgan fingerprint density at radius 1 is 1.08 bits per heavy atom. The molecule has 2 N–H and O–H groups in total. The Morgan fingerprint density at radius 3 is 1.25 bits per heavy atom. The molecule has 0 heterocycles. The Balaban J connectivity index is -0.0000000146. The molecule has 0 amide bonds. The summed E-state index contributed by atoms with van der Waals surface area (Å²) < 4.78 is 0. The van der Waals surface area contributed by atoms with Gasteiger partial charge in [-0.3, -0.25) is 0 Å². The van der Waals surface area contributed by atoms with E-state index in [0.29, 0.717) is 6.42 Å². The maximum atomic E-state index is 9.81. The topological polar surface area (TPSA) is 48.6 Å². The highest BCUT2D eigenvalue weighted by Crippen LogP contribution is 1.76. The summed E-state index contributed by atoms with van der Waals surface area (Å²) in [5.41, 5.74) is 0. The number of rotatable bonds is 2. The zero-order valence-electron chi connectivity index (χ0n) is 8.53. The van der Waals surface area contributed by atoms with Gasteiger partial charge in [-0.15, -0.1) is 0 Å². The van der Waals surface area contributed by atoms with Crippen LogP contribution in [0, 0.1) is 0 Å². The molecule has 80 valence electrons. The Kier molecular flexibility index (Phi) is 77.5. The predicted octanol–water partition coefficient (Wildman–Crippen LogP) is 3.35. The van der Waals surface area contributed by atoms with E-state index in [1.807, 2.05) is 6.92 Å². The first-order valence-corrected chi connectivity index (χ1v) is 3.68. The second-order valence-electron chi connectivity index (χ2n) is 2.06. The van der Waals surface area contributed by atoms with Crippen LogP contribution in [-0.2, 0) is 4.79 Å². The predicted molar refractivity (Wildman–Crippen MR) is 59.7 cm³/mol. The molecule has 0 aromatic heterocycles. The second kappa shape index (κ2) is 31.1. The minimum absolute atomic E-state index is 0. The molecule has 0 fully saturated rings. The summed E-state index contributed by atoms with van der Waals surface area (Å²) in [7, 11) is 0. The molecule has 0 aliphatic heterocycles. The molecule has 0 unspecified atom stereocenters. The first kappa shape index (κ1) is 29.9. The van der Waals surface area contributed by atoms with Crippen LogP contribution in [0.4, 0.5) is 0 Å². The monoisotopic (exact) mass is 181 g/mol. The van der Waals surface area contributed by atoms with Gasteiger partial charge in [0.05, 0.1) is 0 Å². The SMILES string of the molecule is C.C.CCC(C)=O.CCCC.O.[H+]. The Hall–Kier alpha value is -0.370. The standard InChI is InChI=1S/C4H8O.C4H10.2CH4.H2O/c1-3-4(2)5;1-3-4-2;;;/h3H2,1-2H3;3-4H2,1-2H3;2*1H4;1H2/p+1. The van der Waals surface area contributed by atoms with Crippen LogP contribution in [0.25, 0.3) is 0 Å². The Labute approximate surface area is 80.2 Å². The summed E-state index contributed by atoms with van der Waals surface area (Å²) in [6.45, 7) is 7.79. The van der Waals surface area contributed by atoms with Gasteiger partial charge in [-0.25, -0.2) is 0 Å². The lowest BCUT2D eigenvalue weighted by Gasteiger charge is -1.71. The lowest BCUT2D eigenvalue weighted by molar-refractivity contribution is -0.116. The zero-order chi connectivity index (χ0) is 7.70. The van der Waals surface area contributed by atoms with Crippen molar-refractivity contribution < 1.29 is 11.7 Å². The summed E-state index contributed by atoms with van der Waals surface area (Å²) in [6, 6.07) is 0. The summed E-state index contributed by atoms with van der Waals surface area (Å²) in [5, 5.41) is 0. The lowest BCUT2D eigenvalue weighted by Crippen LogP contribution is -1.80. The fraction of sp³-hybridized carbons (Fsp3) is 0.900. The summed E-state index contributed by atoms with van der Waals surface area (Å²) in [6.07, 6.45) is 3.31. The third-order valence-electron chi connectivity index (χ3n) is 0.998. The third kappa shape index (κ3) is 104. The molecular weight excluding hydrogens is 152 g/mol. The van der Waals surface area contributed by atoms with Gasteiger partial charge in [-0.2, -0.15) is 0 Å². The molecule has 12 heavy (non-hydrogen) atoms. The van der Waals surface area contributed by atoms with Crippen molar-refractivity contribution >= 4 is 5.78 Å². The molecule has 0 radical (unpaired) electrons. The van der Waals surface area contributed by atoms with Crippen LogP contribution < -0.4 is 0 Å². The van der Waals surface area contributed by atoms with Crippen LogP contribution in [0.5, 0.6) is 0 Å². The summed E-state index contributed by atoms with van der Waals surface area (Å²) in [4.78, 5) is 9.81. The number of hydrogen-bond acceptors (Lipinski definition) is 1. The molecule has 0 aliphatic carbocycles. The van der Waals surface area contributed by atoms with Crippen molar-refractivity contribution in [1.82, 2.24) is 0 Å². The average Bonchev–Trinajstić information content (AvgIpc) is 1.89. The van der Waals surface area contributed by atoms with E-state index in [-0.39, 0.29) is 27.5 Å². The largest absolute Gasteiger partial charge is 1.00 e. The molecule has 0 aromatic carbocycles. The zero-order valence-corrected chi connectivity index (χ0v) is 7.53. The van der Waals surface area contributed by atoms with E-state index in [9.17, 15) is 4.79 Å². The van der Waals surface area contributed by atoms with Gasteiger partial charge in [0, 0.05) is 6.42 Å². The quantitative estimate of drug-likeness (QED) is 0.644. The molecule has 0 aliphatic rings. The van der Waals surface area contributed by atoms with Crippen LogP contribution in [0.3, 0.4) is 0 Å². The highest BCUT2D eigenvalue weighted by molar-refractivity contribution is 5.74. The minimum atomic E-state index is 0. The third-order valence-corrected chi connectivity index (χ3v) is 0.998. The van der Waals surface area contributed by atoms with Gasteiger partial charge in [0.1, 0.15) is 5.78 Å². The van der Waals surface area contributed by atoms with Crippen molar-refractivity contribution in [3.8, 4) is 0 Å². The van der Waals surface area contributed by atoms with Gasteiger partial charge in [0.25, 0.3) is 0 Å². The molecule has 2 heteroatoms. The van der Waals surface area contributed by atoms with Gasteiger partial charge in [-0.05, 0) is 6.92 Å². The van der Waals surface area contributed by atoms with Crippen molar-refractivity contribution in [3.05, 3.63) is 0 Å². The van der Waals surface area contributed by atoms with Crippen molar-refractivity contribution in [3.63, 3.8) is 0 Å². The molecule has 0 atom stereocenters. The van der Waals surface area contributed by atoms with Crippen molar-refractivity contribution in [2.75, 3.05) is 0 Å². The van der Waals surface area contributed by atoms with Gasteiger partial charge >= 0.3 is 1.43 Å². The first-order valence-electron chi connectivity index (χ1n) is 3.68. The number of hydrogen-bond donors (Lipinski definition) is 0. The molecule has 0 spiro atoms. The number of carbonyl (C=O) groups excluding carboxylic acids is 1. The van der Waals surface area contributed by atoms with Crippen molar-refractivity contribution in [2.45, 2.75) is 61.8 Å². The molecule has 0 aromatic rings. The maximum absolute atomic E-state index is 9.81. The van der Waals surface area contributed by atoms with Gasteiger partial charge in [0.15, 0.2) is 0 Å². The lowest BCUT2D eigenvalue weighted by atomic mass is 10.4. The van der Waals surface area contributed by atoms with E-state index in [1.54, 1.807) is 6.92 Å². The molecule has 0 saturated carbocycles. The number of ketones is 1. The van der Waals surface area contributed by atoms with Gasteiger partial charge in [-0.1, -0.05) is 48.5 Å². The minimum Gasteiger partial charge on any atom is -0.412 e. The molecule has 2 nitrogen and oxygen atoms in total. The molecule has 0 rings (SSSR count). The van der Waals surface area contributed by atoms with E-state index in [2.05, 4.69) is 13.8 Å². The number of unbranched alkanes of at least 4 members (excludes halogenated alkanes) is 1. The van der Waals surface area contributed by atoms with Crippen LogP contribution in [-0.4, -0.2) is 11.3 Å². The summed E-state index contributed by atoms with van der Waals surface area (Å²) >= 11 is 0. The van der Waals surface area contributed by atoms with Crippen LogP contribution in [0.2, 0.25) is 0 Å². The highest BCUT2D eigenvalue weighted by atomic mass is 16.1.